The van der Waals surface area contributed by atoms with E-state index in [0.717, 1.165) is 141 Å². The summed E-state index contributed by atoms with van der Waals surface area (Å²) in [6, 6.07) is 0. The van der Waals surface area contributed by atoms with E-state index in [1.165, 1.54) is 116 Å². The predicted molar refractivity (Wildman–Crippen MR) is 348 cm³/mol. The third-order valence-corrected chi connectivity index (χ3v) is 13.9. The Bertz CT molecular complexity index is 1700. The van der Waals surface area contributed by atoms with Crippen LogP contribution in [0.1, 0.15) is 297 Å². The molecule has 0 N–H and O–H groups in total. The molecule has 1 atom stereocenters. The van der Waals surface area contributed by atoms with Crippen molar-refractivity contribution in [3.8, 4) is 0 Å². The average Bonchev–Trinajstić information content (AvgIpc) is 3.46. The molecular weight excluding hydrogens is 985 g/mol. The molecule has 0 saturated carbocycles. The summed E-state index contributed by atoms with van der Waals surface area (Å²) in [6.45, 7) is 6.38. The quantitative estimate of drug-likeness (QED) is 0.0261. The fraction of sp³-hybridized carbons (Fsp3) is 0.662. The Morgan fingerprint density at radius 3 is 0.775 bits per heavy atom. The van der Waals surface area contributed by atoms with Crippen LogP contribution in [0, 0.1) is 0 Å². The van der Waals surface area contributed by atoms with E-state index in [0.29, 0.717) is 19.3 Å². The van der Waals surface area contributed by atoms with Crippen molar-refractivity contribution < 1.29 is 28.6 Å². The first-order valence-electron chi connectivity index (χ1n) is 33.2. The molecule has 0 aromatic heterocycles. The molecule has 6 nitrogen and oxygen atoms in total. The molecule has 0 radical (unpaired) electrons. The van der Waals surface area contributed by atoms with Crippen LogP contribution >= 0.6 is 0 Å². The predicted octanol–water partition coefficient (Wildman–Crippen LogP) is 22.9. The van der Waals surface area contributed by atoms with Gasteiger partial charge in [0.25, 0.3) is 0 Å². The molecule has 1 unspecified atom stereocenters. The van der Waals surface area contributed by atoms with Crippen LogP contribution < -0.4 is 0 Å². The van der Waals surface area contributed by atoms with Crippen molar-refractivity contribution in [3.63, 3.8) is 0 Å². The van der Waals surface area contributed by atoms with Gasteiger partial charge in [-0.3, -0.25) is 14.4 Å². The fourth-order valence-electron chi connectivity index (χ4n) is 8.96. The first-order valence-corrected chi connectivity index (χ1v) is 33.2. The Hall–Kier alpha value is -4.45. The minimum Gasteiger partial charge on any atom is -0.462 e. The summed E-state index contributed by atoms with van der Waals surface area (Å²) in [7, 11) is 0. The van der Waals surface area contributed by atoms with Gasteiger partial charge in [-0.2, -0.15) is 0 Å². The zero-order valence-electron chi connectivity index (χ0n) is 52.0. The van der Waals surface area contributed by atoms with Crippen LogP contribution in [-0.2, 0) is 28.6 Å². The smallest absolute Gasteiger partial charge is 0.306 e. The molecule has 0 bridgehead atoms. The lowest BCUT2D eigenvalue weighted by atomic mass is 10.0. The SMILES string of the molecule is CC/C=C\C/C=C\C/C=C\C/C=C\C/C=C\C/C=C\CCCCCCCCCCCCCCC(=O)OCC(COC(=O)CCCCCCC/C=C\CCCCC)OC(=O)CCCCCCCC/C=C\C/C=C\C/C=C\C/C=C\CC. The molecule has 0 fully saturated rings. The topological polar surface area (TPSA) is 78.9 Å². The third-order valence-electron chi connectivity index (χ3n) is 13.9. The van der Waals surface area contributed by atoms with Crippen LogP contribution in [0.25, 0.3) is 0 Å². The first kappa shape index (κ1) is 75.5. The van der Waals surface area contributed by atoms with Crippen molar-refractivity contribution >= 4 is 17.9 Å². The van der Waals surface area contributed by atoms with Gasteiger partial charge in [0.15, 0.2) is 6.10 Å². The third kappa shape index (κ3) is 64.4. The lowest BCUT2D eigenvalue weighted by Crippen LogP contribution is -2.30. The Balaban J connectivity index is 4.28. The van der Waals surface area contributed by atoms with Gasteiger partial charge < -0.3 is 14.2 Å². The molecule has 0 saturated heterocycles. The van der Waals surface area contributed by atoms with Gasteiger partial charge in [-0.05, 0) is 135 Å². The molecule has 80 heavy (non-hydrogen) atoms. The second-order valence-electron chi connectivity index (χ2n) is 21.6. The van der Waals surface area contributed by atoms with Gasteiger partial charge in [-0.15, -0.1) is 0 Å². The molecule has 0 rings (SSSR count). The number of ether oxygens (including phenoxy) is 3. The lowest BCUT2D eigenvalue weighted by Gasteiger charge is -2.18. The monoisotopic (exact) mass is 1110 g/mol. The lowest BCUT2D eigenvalue weighted by molar-refractivity contribution is -0.167. The van der Waals surface area contributed by atoms with Gasteiger partial charge in [0.2, 0.25) is 0 Å². The van der Waals surface area contributed by atoms with Crippen molar-refractivity contribution in [2.45, 2.75) is 303 Å². The van der Waals surface area contributed by atoms with E-state index in [4.69, 9.17) is 14.2 Å². The number of carbonyl (C=O) groups excluding carboxylic acids is 3. The second-order valence-corrected chi connectivity index (χ2v) is 21.6. The number of carbonyl (C=O) groups is 3. The van der Waals surface area contributed by atoms with E-state index < -0.39 is 6.10 Å². The average molecular weight is 1110 g/mol. The van der Waals surface area contributed by atoms with Crippen molar-refractivity contribution in [2.75, 3.05) is 13.2 Å². The second kappa shape index (κ2) is 67.1. The number of unbranched alkanes of at least 4 members (excludes halogenated alkanes) is 26. The molecule has 6 heteroatoms. The van der Waals surface area contributed by atoms with Gasteiger partial charge in [-0.1, -0.05) is 276 Å². The van der Waals surface area contributed by atoms with Crippen LogP contribution in [0.4, 0.5) is 0 Å². The maximum Gasteiger partial charge on any atom is 0.306 e. The number of hydrogen-bond acceptors (Lipinski definition) is 6. The van der Waals surface area contributed by atoms with Gasteiger partial charge in [0, 0.05) is 19.3 Å². The van der Waals surface area contributed by atoms with E-state index >= 15 is 0 Å². The summed E-state index contributed by atoms with van der Waals surface area (Å²) >= 11 is 0. The van der Waals surface area contributed by atoms with Crippen LogP contribution in [0.3, 0.4) is 0 Å². The minimum absolute atomic E-state index is 0.0896. The largest absolute Gasteiger partial charge is 0.462 e. The van der Waals surface area contributed by atoms with Gasteiger partial charge in [0.1, 0.15) is 13.2 Å². The Morgan fingerprint density at radius 1 is 0.263 bits per heavy atom. The van der Waals surface area contributed by atoms with E-state index in [1.54, 1.807) is 0 Å². The zero-order chi connectivity index (χ0) is 57.8. The van der Waals surface area contributed by atoms with E-state index in [9.17, 15) is 14.4 Å². The Morgan fingerprint density at radius 2 is 0.487 bits per heavy atom. The van der Waals surface area contributed by atoms with Crippen LogP contribution in [0.2, 0.25) is 0 Å². The van der Waals surface area contributed by atoms with Crippen molar-refractivity contribution in [2.24, 2.45) is 0 Å². The molecule has 0 heterocycles. The number of rotatable bonds is 59. The molecular formula is C74H122O6. The van der Waals surface area contributed by atoms with E-state index in [-0.39, 0.29) is 31.1 Å². The highest BCUT2D eigenvalue weighted by molar-refractivity contribution is 5.71. The number of hydrogen-bond donors (Lipinski definition) is 0. The maximum atomic E-state index is 12.9. The van der Waals surface area contributed by atoms with Gasteiger partial charge >= 0.3 is 17.9 Å². The molecule has 0 spiro atoms. The summed E-state index contributed by atoms with van der Waals surface area (Å²) in [5.41, 5.74) is 0. The number of esters is 3. The minimum atomic E-state index is -0.794. The Kier molecular flexibility index (Phi) is 63.3. The highest BCUT2D eigenvalue weighted by Crippen LogP contribution is 2.16. The summed E-state index contributed by atoms with van der Waals surface area (Å²) < 4.78 is 16.9. The summed E-state index contributed by atoms with van der Waals surface area (Å²) in [5, 5.41) is 0. The standard InChI is InChI=1S/C74H122O6/c1-4-7-10-13-16-19-22-25-27-29-31-32-33-34-35-36-37-38-39-40-41-42-44-45-47-49-52-55-58-61-64-67-73(76)79-70-71(69-78-72(75)66-63-60-57-54-51-24-21-18-15-12-9-6-3)80-74(77)68-65-62-59-56-53-50-48-46-43-30-28-26-23-20-17-14-11-8-5-2/h7-8,10-11,16-21,25-28,31-32,34-35,37-38,43,46,71H,4-6,9,12-15,22-24,29-30,33,36,39-42,44-45,47-70H2,1-3H3/b10-7-,11-8-,19-16-,20-17-,21-18-,27-25-,28-26-,32-31-,35-34-,38-37-,46-43-. The maximum absolute atomic E-state index is 12.9. The van der Waals surface area contributed by atoms with Crippen LogP contribution in [-0.4, -0.2) is 37.2 Å². The van der Waals surface area contributed by atoms with Crippen LogP contribution in [0.15, 0.2) is 134 Å². The molecule has 0 aliphatic rings. The van der Waals surface area contributed by atoms with Gasteiger partial charge in [-0.25, -0.2) is 0 Å². The fourth-order valence-corrected chi connectivity index (χ4v) is 8.96. The molecule has 0 aromatic carbocycles. The van der Waals surface area contributed by atoms with Crippen LogP contribution in [0.5, 0.6) is 0 Å². The normalized spacial score (nSPS) is 13.0. The van der Waals surface area contributed by atoms with Gasteiger partial charge in [0.05, 0.1) is 0 Å². The highest BCUT2D eigenvalue weighted by atomic mass is 16.6. The van der Waals surface area contributed by atoms with Crippen molar-refractivity contribution in [1.82, 2.24) is 0 Å². The summed E-state index contributed by atoms with van der Waals surface area (Å²) in [5.74, 6) is -0.911. The molecule has 0 aliphatic heterocycles. The number of allylic oxidation sites excluding steroid dienone is 22. The van der Waals surface area contributed by atoms with E-state index in [1.807, 2.05) is 0 Å². The zero-order valence-corrected chi connectivity index (χ0v) is 52.0. The Labute approximate surface area is 494 Å². The van der Waals surface area contributed by atoms with E-state index in [2.05, 4.69) is 154 Å². The van der Waals surface area contributed by atoms with Crippen molar-refractivity contribution in [1.29, 1.82) is 0 Å². The molecule has 454 valence electrons. The molecule has 0 aromatic rings. The molecule has 0 amide bonds. The summed E-state index contributed by atoms with van der Waals surface area (Å²) in [6.07, 6.45) is 94.6. The summed E-state index contributed by atoms with van der Waals surface area (Å²) in [4.78, 5) is 38.3. The van der Waals surface area contributed by atoms with Crippen molar-refractivity contribution in [3.05, 3.63) is 134 Å². The first-order chi connectivity index (χ1) is 39.5. The molecule has 0 aliphatic carbocycles. The highest BCUT2D eigenvalue weighted by Gasteiger charge is 2.19.